The van der Waals surface area contributed by atoms with Gasteiger partial charge in [0.25, 0.3) is 5.71 Å². The lowest BCUT2D eigenvalue weighted by Gasteiger charge is -2.35. The lowest BCUT2D eigenvalue weighted by Crippen LogP contribution is -2.49. The molecule has 0 saturated carbocycles. The molecule has 29 heavy (non-hydrogen) atoms. The fourth-order valence-electron chi connectivity index (χ4n) is 3.78. The van der Waals surface area contributed by atoms with Crippen molar-refractivity contribution in [2.75, 3.05) is 31.1 Å². The Morgan fingerprint density at radius 3 is 2.48 bits per heavy atom. The summed E-state index contributed by atoms with van der Waals surface area (Å²) in [6.07, 6.45) is 3.25. The summed E-state index contributed by atoms with van der Waals surface area (Å²) in [6, 6.07) is 9.99. The number of benzene rings is 1. The number of hydrogen-bond acceptors (Lipinski definition) is 6. The van der Waals surface area contributed by atoms with E-state index in [4.69, 9.17) is 9.51 Å². The highest BCUT2D eigenvalue weighted by atomic mass is 16.5. The third kappa shape index (κ3) is 3.95. The van der Waals surface area contributed by atoms with Gasteiger partial charge >= 0.3 is 0 Å². The van der Waals surface area contributed by atoms with Crippen LogP contribution in [-0.4, -0.2) is 52.1 Å². The number of fused-ring (bicyclic) bond motifs is 1. The molecule has 0 aliphatic carbocycles. The average molecular weight is 393 g/mol. The van der Waals surface area contributed by atoms with Crippen LogP contribution in [0.5, 0.6) is 0 Å². The number of anilines is 1. The number of carbonyl (C=O) groups excluding carboxylic acids is 1. The minimum Gasteiger partial charge on any atom is -0.352 e. The van der Waals surface area contributed by atoms with Gasteiger partial charge in [-0.05, 0) is 12.8 Å². The zero-order valence-electron chi connectivity index (χ0n) is 17.1. The SMILES string of the molecule is CCCC(=O)N1CCN(c2nc(CCC)nc3onc(-c4ccccc4)c23)CC1. The number of aryl methyl sites for hydroxylation is 1. The second-order valence-corrected chi connectivity index (χ2v) is 7.41. The molecule has 0 atom stereocenters. The quantitative estimate of drug-likeness (QED) is 0.636. The zero-order chi connectivity index (χ0) is 20.2. The molecule has 0 bridgehead atoms. The highest BCUT2D eigenvalue weighted by Crippen LogP contribution is 2.34. The lowest BCUT2D eigenvalue weighted by molar-refractivity contribution is -0.131. The Balaban J connectivity index is 1.70. The van der Waals surface area contributed by atoms with E-state index in [0.29, 0.717) is 25.2 Å². The van der Waals surface area contributed by atoms with Gasteiger partial charge < -0.3 is 14.3 Å². The van der Waals surface area contributed by atoms with Crippen molar-refractivity contribution in [3.63, 3.8) is 0 Å². The molecule has 1 fully saturated rings. The van der Waals surface area contributed by atoms with E-state index in [2.05, 4.69) is 22.0 Å². The molecular weight excluding hydrogens is 366 g/mol. The minimum atomic E-state index is 0.238. The average Bonchev–Trinajstić information content (AvgIpc) is 3.18. The summed E-state index contributed by atoms with van der Waals surface area (Å²) in [4.78, 5) is 25.9. The molecule has 0 radical (unpaired) electrons. The molecule has 3 aromatic rings. The molecule has 1 saturated heterocycles. The van der Waals surface area contributed by atoms with E-state index in [-0.39, 0.29) is 5.91 Å². The van der Waals surface area contributed by atoms with Crippen molar-refractivity contribution < 1.29 is 9.32 Å². The van der Waals surface area contributed by atoms with E-state index in [1.807, 2.05) is 42.2 Å². The number of rotatable bonds is 6. The Morgan fingerprint density at radius 2 is 1.79 bits per heavy atom. The van der Waals surface area contributed by atoms with Crippen LogP contribution in [0, 0.1) is 0 Å². The highest BCUT2D eigenvalue weighted by molar-refractivity contribution is 5.98. The monoisotopic (exact) mass is 393 g/mol. The van der Waals surface area contributed by atoms with E-state index in [1.54, 1.807) is 0 Å². The summed E-state index contributed by atoms with van der Waals surface area (Å²) in [7, 11) is 0. The smallest absolute Gasteiger partial charge is 0.263 e. The predicted molar refractivity (Wildman–Crippen MR) is 113 cm³/mol. The first-order valence-corrected chi connectivity index (χ1v) is 10.5. The van der Waals surface area contributed by atoms with Gasteiger partial charge in [0, 0.05) is 44.6 Å². The molecule has 3 heterocycles. The van der Waals surface area contributed by atoms with Crippen LogP contribution >= 0.6 is 0 Å². The first-order valence-electron chi connectivity index (χ1n) is 10.5. The second-order valence-electron chi connectivity index (χ2n) is 7.41. The summed E-state index contributed by atoms with van der Waals surface area (Å²) in [5.41, 5.74) is 2.28. The topological polar surface area (TPSA) is 75.4 Å². The van der Waals surface area contributed by atoms with Gasteiger partial charge in [-0.2, -0.15) is 4.98 Å². The third-order valence-electron chi connectivity index (χ3n) is 5.28. The molecule has 7 heteroatoms. The van der Waals surface area contributed by atoms with Crippen LogP contribution in [0.4, 0.5) is 5.82 Å². The maximum absolute atomic E-state index is 12.2. The van der Waals surface area contributed by atoms with Gasteiger partial charge in [-0.3, -0.25) is 4.79 Å². The molecule has 1 aliphatic heterocycles. The van der Waals surface area contributed by atoms with Crippen molar-refractivity contribution in [3.05, 3.63) is 36.2 Å². The van der Waals surface area contributed by atoms with Crippen LogP contribution in [0.1, 0.15) is 38.9 Å². The molecule has 1 aliphatic rings. The van der Waals surface area contributed by atoms with Crippen LogP contribution in [0.25, 0.3) is 22.4 Å². The van der Waals surface area contributed by atoms with Gasteiger partial charge in [-0.15, -0.1) is 0 Å². The third-order valence-corrected chi connectivity index (χ3v) is 5.28. The van der Waals surface area contributed by atoms with Crippen molar-refractivity contribution in [1.82, 2.24) is 20.0 Å². The summed E-state index contributed by atoms with van der Waals surface area (Å²) < 4.78 is 5.62. The number of carbonyl (C=O) groups is 1. The van der Waals surface area contributed by atoms with Crippen molar-refractivity contribution in [3.8, 4) is 11.3 Å². The van der Waals surface area contributed by atoms with Crippen molar-refractivity contribution in [1.29, 1.82) is 0 Å². The van der Waals surface area contributed by atoms with Crippen LogP contribution in [-0.2, 0) is 11.2 Å². The Kier molecular flexibility index (Phi) is 5.74. The molecule has 1 amide bonds. The Bertz CT molecular complexity index is 978. The van der Waals surface area contributed by atoms with E-state index in [9.17, 15) is 4.79 Å². The van der Waals surface area contributed by atoms with Gasteiger partial charge in [0.2, 0.25) is 5.91 Å². The number of piperazine rings is 1. The van der Waals surface area contributed by atoms with Crippen LogP contribution in [0.2, 0.25) is 0 Å². The molecule has 152 valence electrons. The molecular formula is C22H27N5O2. The molecule has 2 aromatic heterocycles. The summed E-state index contributed by atoms with van der Waals surface area (Å²) in [5, 5.41) is 5.17. The molecule has 1 aromatic carbocycles. The zero-order valence-corrected chi connectivity index (χ0v) is 17.1. The number of aromatic nitrogens is 3. The van der Waals surface area contributed by atoms with Crippen LogP contribution < -0.4 is 4.90 Å². The van der Waals surface area contributed by atoms with E-state index in [0.717, 1.165) is 60.6 Å². The van der Waals surface area contributed by atoms with E-state index >= 15 is 0 Å². The van der Waals surface area contributed by atoms with Gasteiger partial charge in [0.15, 0.2) is 0 Å². The number of amides is 1. The first-order chi connectivity index (χ1) is 14.2. The lowest BCUT2D eigenvalue weighted by atomic mass is 10.1. The summed E-state index contributed by atoms with van der Waals surface area (Å²) in [6.45, 7) is 7.05. The van der Waals surface area contributed by atoms with Crippen LogP contribution in [0.3, 0.4) is 0 Å². The van der Waals surface area contributed by atoms with Crippen molar-refractivity contribution in [2.45, 2.75) is 39.5 Å². The van der Waals surface area contributed by atoms with E-state index in [1.165, 1.54) is 0 Å². The maximum Gasteiger partial charge on any atom is 0.263 e. The summed E-state index contributed by atoms with van der Waals surface area (Å²) >= 11 is 0. The molecule has 0 spiro atoms. The number of hydrogen-bond donors (Lipinski definition) is 0. The minimum absolute atomic E-state index is 0.238. The maximum atomic E-state index is 12.2. The molecule has 7 nitrogen and oxygen atoms in total. The summed E-state index contributed by atoms with van der Waals surface area (Å²) in [5.74, 6) is 1.87. The van der Waals surface area contributed by atoms with Gasteiger partial charge in [-0.1, -0.05) is 49.3 Å². The predicted octanol–water partition coefficient (Wildman–Crippen LogP) is 3.69. The molecule has 0 unspecified atom stereocenters. The fraction of sp³-hybridized carbons (Fsp3) is 0.455. The second kappa shape index (κ2) is 8.59. The highest BCUT2D eigenvalue weighted by Gasteiger charge is 2.26. The molecule has 0 N–H and O–H groups in total. The Hall–Kier alpha value is -2.96. The van der Waals surface area contributed by atoms with Crippen molar-refractivity contribution >= 4 is 22.8 Å². The fourth-order valence-corrected chi connectivity index (χ4v) is 3.78. The van der Waals surface area contributed by atoms with Gasteiger partial charge in [0.05, 0.1) is 0 Å². The Labute approximate surface area is 170 Å². The Morgan fingerprint density at radius 1 is 1.03 bits per heavy atom. The molecule has 4 rings (SSSR count). The largest absolute Gasteiger partial charge is 0.352 e. The number of nitrogens with zero attached hydrogens (tertiary/aromatic N) is 5. The van der Waals surface area contributed by atoms with Crippen LogP contribution in [0.15, 0.2) is 34.9 Å². The standard InChI is InChI=1S/C22H27N5O2/c1-3-8-17-23-21(27-14-12-26(13-15-27)18(28)9-4-2)19-20(25-29-22(19)24-17)16-10-6-5-7-11-16/h5-7,10-11H,3-4,8-9,12-15H2,1-2H3. The van der Waals surface area contributed by atoms with Gasteiger partial charge in [0.1, 0.15) is 22.7 Å². The first kappa shape index (κ1) is 19.4. The van der Waals surface area contributed by atoms with E-state index < -0.39 is 0 Å². The van der Waals surface area contributed by atoms with Gasteiger partial charge in [-0.25, -0.2) is 4.98 Å². The van der Waals surface area contributed by atoms with Crippen molar-refractivity contribution in [2.24, 2.45) is 0 Å². The normalized spacial score (nSPS) is 14.6.